The predicted octanol–water partition coefficient (Wildman–Crippen LogP) is 2.16. The molecule has 0 fully saturated rings. The second-order valence-electron chi connectivity index (χ2n) is 5.35. The number of hydrogen-bond acceptors (Lipinski definition) is 3. The van der Waals surface area contributed by atoms with Gasteiger partial charge in [-0.3, -0.25) is 0 Å². The van der Waals surface area contributed by atoms with Gasteiger partial charge in [-0.25, -0.2) is 8.42 Å². The number of aryl methyl sites for hydroxylation is 1. The lowest BCUT2D eigenvalue weighted by atomic mass is 10.1. The third-order valence-electron chi connectivity index (χ3n) is 3.92. The van der Waals surface area contributed by atoms with E-state index in [9.17, 15) is 8.42 Å². The fraction of sp³-hybridized carbons (Fsp3) is 0.250. The molecule has 0 spiro atoms. The van der Waals surface area contributed by atoms with E-state index in [1.807, 2.05) is 43.3 Å². The zero-order valence-corrected chi connectivity index (χ0v) is 12.7. The third-order valence-corrected chi connectivity index (χ3v) is 5.85. The van der Waals surface area contributed by atoms with Gasteiger partial charge in [-0.1, -0.05) is 36.4 Å². The van der Waals surface area contributed by atoms with Gasteiger partial charge in [0, 0.05) is 19.6 Å². The van der Waals surface area contributed by atoms with Gasteiger partial charge >= 0.3 is 0 Å². The second-order valence-corrected chi connectivity index (χ2v) is 7.25. The van der Waals surface area contributed by atoms with Crippen LogP contribution in [0.3, 0.4) is 0 Å². The number of nitrogens with two attached hydrogens (primary N) is 1. The van der Waals surface area contributed by atoms with Crippen molar-refractivity contribution in [2.75, 3.05) is 0 Å². The Morgan fingerprint density at radius 3 is 2.29 bits per heavy atom. The van der Waals surface area contributed by atoms with E-state index in [1.165, 1.54) is 4.31 Å². The molecule has 2 N–H and O–H groups in total. The van der Waals surface area contributed by atoms with Crippen LogP contribution in [-0.4, -0.2) is 12.7 Å². The lowest BCUT2D eigenvalue weighted by Gasteiger charge is -2.18. The molecule has 0 saturated carbocycles. The van der Waals surface area contributed by atoms with Gasteiger partial charge in [0.05, 0.1) is 4.90 Å². The normalized spacial score (nSPS) is 15.1. The molecule has 3 rings (SSSR count). The Hall–Kier alpha value is -1.69. The van der Waals surface area contributed by atoms with Crippen molar-refractivity contribution in [1.82, 2.24) is 4.31 Å². The number of nitrogens with zero attached hydrogens (tertiary/aromatic N) is 1. The first-order valence-electron chi connectivity index (χ1n) is 6.89. The number of benzene rings is 2. The van der Waals surface area contributed by atoms with Crippen LogP contribution < -0.4 is 5.73 Å². The van der Waals surface area contributed by atoms with Gasteiger partial charge < -0.3 is 5.73 Å². The average Bonchev–Trinajstić information content (AvgIpc) is 2.92. The lowest BCUT2D eigenvalue weighted by molar-refractivity contribution is 0.431. The molecule has 0 bridgehead atoms. The number of rotatable bonds is 3. The van der Waals surface area contributed by atoms with Gasteiger partial charge in [0.2, 0.25) is 10.0 Å². The number of fused-ring (bicyclic) bond motifs is 1. The monoisotopic (exact) mass is 302 g/mol. The highest BCUT2D eigenvalue weighted by Gasteiger charge is 2.31. The summed E-state index contributed by atoms with van der Waals surface area (Å²) in [5, 5.41) is 0. The van der Waals surface area contributed by atoms with Crippen LogP contribution in [0.25, 0.3) is 0 Å². The van der Waals surface area contributed by atoms with Crippen molar-refractivity contribution in [3.8, 4) is 0 Å². The summed E-state index contributed by atoms with van der Waals surface area (Å²) in [6, 6.07) is 13.2. The first-order chi connectivity index (χ1) is 10.0. The van der Waals surface area contributed by atoms with E-state index in [0.717, 1.165) is 22.3 Å². The molecule has 21 heavy (non-hydrogen) atoms. The molecule has 4 nitrogen and oxygen atoms in total. The van der Waals surface area contributed by atoms with Crippen LogP contribution in [0.2, 0.25) is 0 Å². The summed E-state index contributed by atoms with van der Waals surface area (Å²) < 4.78 is 27.3. The van der Waals surface area contributed by atoms with Crippen molar-refractivity contribution in [3.63, 3.8) is 0 Å². The summed E-state index contributed by atoms with van der Waals surface area (Å²) in [6.45, 7) is 3.02. The Bertz CT molecular complexity index is 760. The molecule has 0 radical (unpaired) electrons. The molecular formula is C16H18N2O2S. The van der Waals surface area contributed by atoms with Gasteiger partial charge in [0.25, 0.3) is 0 Å². The summed E-state index contributed by atoms with van der Waals surface area (Å²) in [5.41, 5.74) is 9.36. The minimum Gasteiger partial charge on any atom is -0.326 e. The maximum absolute atomic E-state index is 12.9. The molecule has 1 heterocycles. The SMILES string of the molecule is Cc1ccc(CN)cc1S(=O)(=O)N1Cc2ccccc2C1. The number of sulfonamides is 1. The van der Waals surface area contributed by atoms with Crippen LogP contribution in [0.4, 0.5) is 0 Å². The molecule has 110 valence electrons. The highest BCUT2D eigenvalue weighted by atomic mass is 32.2. The standard InChI is InChI=1S/C16H18N2O2S/c1-12-6-7-13(9-17)8-16(12)21(19,20)18-10-14-4-2-3-5-15(14)11-18/h2-8H,9-11,17H2,1H3. The first-order valence-corrected chi connectivity index (χ1v) is 8.33. The van der Waals surface area contributed by atoms with Crippen molar-refractivity contribution in [3.05, 3.63) is 64.7 Å². The maximum atomic E-state index is 12.9. The van der Waals surface area contributed by atoms with Gasteiger partial charge in [-0.2, -0.15) is 4.31 Å². The molecule has 1 aliphatic rings. The van der Waals surface area contributed by atoms with E-state index in [-0.39, 0.29) is 0 Å². The molecule has 2 aromatic carbocycles. The zero-order valence-electron chi connectivity index (χ0n) is 11.9. The fourth-order valence-corrected chi connectivity index (χ4v) is 4.33. The summed E-state index contributed by atoms with van der Waals surface area (Å²) in [4.78, 5) is 0.359. The minimum atomic E-state index is -3.49. The van der Waals surface area contributed by atoms with Crippen LogP contribution in [0.5, 0.6) is 0 Å². The van der Waals surface area contributed by atoms with Crippen LogP contribution in [0.1, 0.15) is 22.3 Å². The van der Waals surface area contributed by atoms with Gasteiger partial charge in [0.1, 0.15) is 0 Å². The Labute approximate surface area is 125 Å². The summed E-state index contributed by atoms with van der Waals surface area (Å²) in [5.74, 6) is 0. The maximum Gasteiger partial charge on any atom is 0.243 e. The molecule has 0 amide bonds. The van der Waals surface area contributed by atoms with E-state index in [4.69, 9.17) is 5.73 Å². The summed E-state index contributed by atoms with van der Waals surface area (Å²) >= 11 is 0. The molecule has 2 aromatic rings. The molecule has 5 heteroatoms. The second kappa shape index (κ2) is 5.26. The highest BCUT2D eigenvalue weighted by Crippen LogP contribution is 2.30. The summed E-state index contributed by atoms with van der Waals surface area (Å²) in [6.07, 6.45) is 0. The van der Waals surface area contributed by atoms with Crippen molar-refractivity contribution in [2.45, 2.75) is 31.5 Å². The Kier molecular flexibility index (Phi) is 3.57. The molecule has 0 atom stereocenters. The van der Waals surface area contributed by atoms with Gasteiger partial charge in [-0.15, -0.1) is 0 Å². The average molecular weight is 302 g/mol. The minimum absolute atomic E-state index is 0.336. The van der Waals surface area contributed by atoms with E-state index in [1.54, 1.807) is 6.07 Å². The Morgan fingerprint density at radius 1 is 1.10 bits per heavy atom. The van der Waals surface area contributed by atoms with E-state index in [0.29, 0.717) is 24.5 Å². The smallest absolute Gasteiger partial charge is 0.243 e. The first kappa shape index (κ1) is 14.3. The van der Waals surface area contributed by atoms with Crippen LogP contribution in [0.15, 0.2) is 47.4 Å². The molecule has 0 saturated heterocycles. The fourth-order valence-electron chi connectivity index (χ4n) is 2.66. The van der Waals surface area contributed by atoms with E-state index in [2.05, 4.69) is 0 Å². The van der Waals surface area contributed by atoms with Crippen LogP contribution in [0, 0.1) is 6.92 Å². The molecule has 1 aliphatic heterocycles. The largest absolute Gasteiger partial charge is 0.326 e. The molecule has 0 unspecified atom stereocenters. The van der Waals surface area contributed by atoms with Crippen molar-refractivity contribution in [1.29, 1.82) is 0 Å². The lowest BCUT2D eigenvalue weighted by Crippen LogP contribution is -2.26. The summed E-state index contributed by atoms with van der Waals surface area (Å²) in [7, 11) is -3.49. The van der Waals surface area contributed by atoms with Crippen LogP contribution >= 0.6 is 0 Å². The zero-order chi connectivity index (χ0) is 15.0. The predicted molar refractivity (Wildman–Crippen MR) is 81.9 cm³/mol. The highest BCUT2D eigenvalue weighted by molar-refractivity contribution is 7.89. The molecule has 0 aromatic heterocycles. The Morgan fingerprint density at radius 2 is 1.71 bits per heavy atom. The quantitative estimate of drug-likeness (QED) is 0.945. The van der Waals surface area contributed by atoms with Crippen molar-refractivity contribution >= 4 is 10.0 Å². The van der Waals surface area contributed by atoms with E-state index < -0.39 is 10.0 Å². The van der Waals surface area contributed by atoms with E-state index >= 15 is 0 Å². The topological polar surface area (TPSA) is 63.4 Å². The number of hydrogen-bond donors (Lipinski definition) is 1. The third kappa shape index (κ3) is 2.48. The van der Waals surface area contributed by atoms with Crippen molar-refractivity contribution in [2.24, 2.45) is 5.73 Å². The van der Waals surface area contributed by atoms with Gasteiger partial charge in [-0.05, 0) is 35.2 Å². The van der Waals surface area contributed by atoms with Crippen LogP contribution in [-0.2, 0) is 29.7 Å². The molecular weight excluding hydrogens is 284 g/mol. The van der Waals surface area contributed by atoms with Gasteiger partial charge in [0.15, 0.2) is 0 Å². The molecule has 0 aliphatic carbocycles. The van der Waals surface area contributed by atoms with Crippen molar-refractivity contribution < 1.29 is 8.42 Å². The Balaban J connectivity index is 2.00.